The zero-order chi connectivity index (χ0) is 27.0. The summed E-state index contributed by atoms with van der Waals surface area (Å²) in [5, 5.41) is 4.87. The Bertz CT molecular complexity index is 1250. The van der Waals surface area contributed by atoms with E-state index in [1.54, 1.807) is 24.3 Å². The van der Waals surface area contributed by atoms with Crippen LogP contribution < -0.4 is 15.4 Å². The van der Waals surface area contributed by atoms with Gasteiger partial charge in [0.05, 0.1) is 12.0 Å². The normalized spacial score (nSPS) is 10.9. The first-order valence-corrected chi connectivity index (χ1v) is 11.3. The number of amides is 2. The van der Waals surface area contributed by atoms with E-state index in [0.717, 1.165) is 29.3 Å². The summed E-state index contributed by atoms with van der Waals surface area (Å²) in [7, 11) is 0. The first-order chi connectivity index (χ1) is 17.5. The molecule has 0 saturated heterocycles. The summed E-state index contributed by atoms with van der Waals surface area (Å²) in [6, 6.07) is 16.6. The third-order valence-electron chi connectivity index (χ3n) is 4.96. The Morgan fingerprint density at radius 3 is 2.05 bits per heavy atom. The van der Waals surface area contributed by atoms with E-state index in [2.05, 4.69) is 10.6 Å². The third-order valence-corrected chi connectivity index (χ3v) is 4.96. The SMILES string of the molecule is Cc1cc(C)cc(Oc2ccc(NC(=O)CCC(=O)OCC(=O)Nc3cccc(C(F)(F)F)c3)cc2)c1. The van der Waals surface area contributed by atoms with Crippen LogP contribution in [0.1, 0.15) is 29.5 Å². The molecule has 0 aliphatic heterocycles. The van der Waals surface area contributed by atoms with E-state index in [-0.39, 0.29) is 18.5 Å². The van der Waals surface area contributed by atoms with Gasteiger partial charge in [-0.15, -0.1) is 0 Å². The highest BCUT2D eigenvalue weighted by atomic mass is 19.4. The lowest BCUT2D eigenvalue weighted by atomic mass is 10.1. The van der Waals surface area contributed by atoms with Crippen molar-refractivity contribution >= 4 is 29.2 Å². The van der Waals surface area contributed by atoms with Crippen LogP contribution in [0.3, 0.4) is 0 Å². The Balaban J connectivity index is 1.39. The number of carbonyl (C=O) groups excluding carboxylic acids is 3. The van der Waals surface area contributed by atoms with E-state index in [1.165, 1.54) is 6.07 Å². The summed E-state index contributed by atoms with van der Waals surface area (Å²) in [5.74, 6) is -0.744. The molecule has 7 nitrogen and oxygen atoms in total. The number of nitrogens with one attached hydrogen (secondary N) is 2. The van der Waals surface area contributed by atoms with Gasteiger partial charge in [0.2, 0.25) is 5.91 Å². The largest absolute Gasteiger partial charge is 0.457 e. The fourth-order valence-corrected chi connectivity index (χ4v) is 3.36. The van der Waals surface area contributed by atoms with Crippen molar-refractivity contribution in [1.29, 1.82) is 0 Å². The lowest BCUT2D eigenvalue weighted by molar-refractivity contribution is -0.147. The van der Waals surface area contributed by atoms with Gasteiger partial charge >= 0.3 is 12.1 Å². The number of aryl methyl sites for hydroxylation is 2. The van der Waals surface area contributed by atoms with Crippen molar-refractivity contribution in [1.82, 2.24) is 0 Å². The third kappa shape index (κ3) is 8.99. The molecule has 3 aromatic carbocycles. The molecule has 37 heavy (non-hydrogen) atoms. The van der Waals surface area contributed by atoms with Crippen LogP contribution in [-0.4, -0.2) is 24.4 Å². The van der Waals surface area contributed by atoms with Crippen LogP contribution in [0.4, 0.5) is 24.5 Å². The second kappa shape index (κ2) is 12.1. The molecular formula is C27H25F3N2O5. The molecule has 0 saturated carbocycles. The molecule has 0 bridgehead atoms. The van der Waals surface area contributed by atoms with Crippen LogP contribution >= 0.6 is 0 Å². The van der Waals surface area contributed by atoms with Gasteiger partial charge in [-0.2, -0.15) is 13.2 Å². The molecule has 0 aliphatic rings. The standard InChI is InChI=1S/C27H25F3N2O5/c1-17-12-18(2)14-23(13-17)37-22-8-6-20(7-9-22)31-24(33)10-11-26(35)36-16-25(34)32-21-5-3-4-19(15-21)27(28,29)30/h3-9,12-15H,10-11,16H2,1-2H3,(H,31,33)(H,32,34). The summed E-state index contributed by atoms with van der Waals surface area (Å²) >= 11 is 0. The molecule has 3 aromatic rings. The first kappa shape index (κ1) is 27.3. The molecule has 3 rings (SSSR count). The van der Waals surface area contributed by atoms with Crippen LogP contribution in [0.25, 0.3) is 0 Å². The van der Waals surface area contributed by atoms with Gasteiger partial charge in [-0.05, 0) is 79.6 Å². The Hall–Kier alpha value is -4.34. The minimum atomic E-state index is -4.55. The summed E-state index contributed by atoms with van der Waals surface area (Å²) in [6.07, 6.45) is -5.02. The molecule has 0 spiro atoms. The Morgan fingerprint density at radius 2 is 1.41 bits per heavy atom. The number of esters is 1. The highest BCUT2D eigenvalue weighted by Gasteiger charge is 2.30. The lowest BCUT2D eigenvalue weighted by Crippen LogP contribution is -2.22. The van der Waals surface area contributed by atoms with Crippen LogP contribution in [0, 0.1) is 13.8 Å². The molecule has 0 unspecified atom stereocenters. The summed E-state index contributed by atoms with van der Waals surface area (Å²) in [5.41, 5.74) is 1.66. The summed E-state index contributed by atoms with van der Waals surface area (Å²) in [4.78, 5) is 35.9. The minimum absolute atomic E-state index is 0.0827. The molecule has 0 atom stereocenters. The summed E-state index contributed by atoms with van der Waals surface area (Å²) in [6.45, 7) is 3.26. The van der Waals surface area contributed by atoms with Crippen LogP contribution in [0.2, 0.25) is 0 Å². The van der Waals surface area contributed by atoms with Crippen molar-refractivity contribution in [3.05, 3.63) is 83.4 Å². The van der Waals surface area contributed by atoms with Crippen LogP contribution in [0.15, 0.2) is 66.7 Å². The van der Waals surface area contributed by atoms with Gasteiger partial charge in [0.25, 0.3) is 5.91 Å². The molecule has 10 heteroatoms. The molecule has 0 fully saturated rings. The highest BCUT2D eigenvalue weighted by molar-refractivity contribution is 5.94. The van der Waals surface area contributed by atoms with Gasteiger partial charge < -0.3 is 20.1 Å². The van der Waals surface area contributed by atoms with Gasteiger partial charge in [-0.3, -0.25) is 14.4 Å². The monoisotopic (exact) mass is 514 g/mol. The predicted octanol–water partition coefficient (Wildman–Crippen LogP) is 6.02. The van der Waals surface area contributed by atoms with E-state index in [1.807, 2.05) is 32.0 Å². The topological polar surface area (TPSA) is 93.7 Å². The fraction of sp³-hybridized carbons (Fsp3) is 0.222. The van der Waals surface area contributed by atoms with E-state index < -0.39 is 36.1 Å². The van der Waals surface area contributed by atoms with Crippen molar-refractivity contribution in [2.45, 2.75) is 32.9 Å². The zero-order valence-corrected chi connectivity index (χ0v) is 20.1. The van der Waals surface area contributed by atoms with Gasteiger partial charge in [0.15, 0.2) is 6.61 Å². The molecule has 0 heterocycles. The first-order valence-electron chi connectivity index (χ1n) is 11.3. The molecule has 0 aliphatic carbocycles. The smallest absolute Gasteiger partial charge is 0.416 e. The number of hydrogen-bond donors (Lipinski definition) is 2. The lowest BCUT2D eigenvalue weighted by Gasteiger charge is -2.10. The number of halogens is 3. The molecule has 194 valence electrons. The van der Waals surface area contributed by atoms with Crippen molar-refractivity contribution in [3.63, 3.8) is 0 Å². The van der Waals surface area contributed by atoms with Crippen LogP contribution in [0.5, 0.6) is 11.5 Å². The minimum Gasteiger partial charge on any atom is -0.457 e. The van der Waals surface area contributed by atoms with E-state index >= 15 is 0 Å². The average molecular weight is 515 g/mol. The van der Waals surface area contributed by atoms with E-state index in [4.69, 9.17) is 9.47 Å². The van der Waals surface area contributed by atoms with Gasteiger partial charge in [-0.25, -0.2) is 0 Å². The van der Waals surface area contributed by atoms with Crippen LogP contribution in [-0.2, 0) is 25.3 Å². The quantitative estimate of drug-likeness (QED) is 0.341. The van der Waals surface area contributed by atoms with Crippen molar-refractivity contribution in [2.75, 3.05) is 17.2 Å². The number of alkyl halides is 3. The molecule has 0 radical (unpaired) electrons. The van der Waals surface area contributed by atoms with E-state index in [0.29, 0.717) is 17.2 Å². The highest BCUT2D eigenvalue weighted by Crippen LogP contribution is 2.30. The number of hydrogen-bond acceptors (Lipinski definition) is 5. The maximum atomic E-state index is 12.7. The number of carbonyl (C=O) groups is 3. The molecule has 0 aromatic heterocycles. The van der Waals surface area contributed by atoms with Gasteiger partial charge in [0, 0.05) is 17.8 Å². The number of benzene rings is 3. The maximum Gasteiger partial charge on any atom is 0.416 e. The number of rotatable bonds is 9. The Kier molecular flexibility index (Phi) is 8.89. The maximum absolute atomic E-state index is 12.7. The predicted molar refractivity (Wildman–Crippen MR) is 131 cm³/mol. The number of anilines is 2. The van der Waals surface area contributed by atoms with Crippen molar-refractivity contribution in [3.8, 4) is 11.5 Å². The number of ether oxygens (including phenoxy) is 2. The molecule has 2 N–H and O–H groups in total. The fourth-order valence-electron chi connectivity index (χ4n) is 3.36. The van der Waals surface area contributed by atoms with Gasteiger partial charge in [0.1, 0.15) is 11.5 Å². The summed E-state index contributed by atoms with van der Waals surface area (Å²) < 4.78 is 48.9. The van der Waals surface area contributed by atoms with E-state index in [9.17, 15) is 27.6 Å². The average Bonchev–Trinajstić information content (AvgIpc) is 2.82. The van der Waals surface area contributed by atoms with Crippen molar-refractivity contribution in [2.24, 2.45) is 0 Å². The Morgan fingerprint density at radius 1 is 0.757 bits per heavy atom. The van der Waals surface area contributed by atoms with Crippen molar-refractivity contribution < 1.29 is 37.0 Å². The zero-order valence-electron chi connectivity index (χ0n) is 20.1. The molecule has 2 amide bonds. The van der Waals surface area contributed by atoms with Gasteiger partial charge in [-0.1, -0.05) is 12.1 Å². The molecular weight excluding hydrogens is 489 g/mol. The second-order valence-corrected chi connectivity index (χ2v) is 8.29. The second-order valence-electron chi connectivity index (χ2n) is 8.29. The Labute approximate surface area is 211 Å².